The van der Waals surface area contributed by atoms with Crippen molar-refractivity contribution in [3.8, 4) is 0 Å². The zero-order chi connectivity index (χ0) is 14.7. The SMILES string of the molecule is CCCC(N)Cc1nc2cccc(C3CNCCO3)c2s1. The Labute approximate surface area is 129 Å². The lowest BCUT2D eigenvalue weighted by Gasteiger charge is -2.24. The lowest BCUT2D eigenvalue weighted by Crippen LogP contribution is -2.33. The van der Waals surface area contributed by atoms with E-state index in [1.165, 1.54) is 10.3 Å². The number of rotatable bonds is 5. The number of benzene rings is 1. The van der Waals surface area contributed by atoms with Crippen molar-refractivity contribution in [3.05, 3.63) is 28.8 Å². The average Bonchev–Trinajstić information content (AvgIpc) is 2.90. The molecular formula is C16H23N3OS. The Morgan fingerprint density at radius 2 is 2.43 bits per heavy atom. The summed E-state index contributed by atoms with van der Waals surface area (Å²) in [4.78, 5) is 4.75. The van der Waals surface area contributed by atoms with E-state index in [0.717, 1.165) is 49.5 Å². The monoisotopic (exact) mass is 305 g/mol. The van der Waals surface area contributed by atoms with Gasteiger partial charge in [0.1, 0.15) is 0 Å². The number of thiazole rings is 1. The molecule has 2 unspecified atom stereocenters. The van der Waals surface area contributed by atoms with Gasteiger partial charge in [0.15, 0.2) is 0 Å². The molecular weight excluding hydrogens is 282 g/mol. The van der Waals surface area contributed by atoms with Crippen molar-refractivity contribution in [2.75, 3.05) is 19.7 Å². The molecule has 1 saturated heterocycles. The predicted molar refractivity (Wildman–Crippen MR) is 87.8 cm³/mol. The van der Waals surface area contributed by atoms with Gasteiger partial charge in [-0.25, -0.2) is 4.98 Å². The molecule has 1 aromatic heterocycles. The molecule has 1 fully saturated rings. The van der Waals surface area contributed by atoms with Gasteiger partial charge in [0.2, 0.25) is 0 Å². The second-order valence-electron chi connectivity index (χ2n) is 5.62. The third-order valence-corrected chi connectivity index (χ3v) is 5.00. The van der Waals surface area contributed by atoms with E-state index in [9.17, 15) is 0 Å². The van der Waals surface area contributed by atoms with E-state index in [-0.39, 0.29) is 12.1 Å². The van der Waals surface area contributed by atoms with Gasteiger partial charge in [0, 0.05) is 31.1 Å². The van der Waals surface area contributed by atoms with Crippen molar-refractivity contribution in [1.82, 2.24) is 10.3 Å². The first kappa shape index (κ1) is 14.9. The van der Waals surface area contributed by atoms with Crippen molar-refractivity contribution >= 4 is 21.6 Å². The number of aromatic nitrogens is 1. The molecule has 4 nitrogen and oxygen atoms in total. The third-order valence-electron chi connectivity index (χ3n) is 3.86. The third kappa shape index (κ3) is 3.43. The molecule has 2 atom stereocenters. The van der Waals surface area contributed by atoms with Crippen LogP contribution in [-0.4, -0.2) is 30.7 Å². The van der Waals surface area contributed by atoms with Crippen LogP contribution in [0.1, 0.15) is 36.4 Å². The van der Waals surface area contributed by atoms with Gasteiger partial charge in [-0.2, -0.15) is 0 Å². The molecule has 0 aliphatic carbocycles. The Morgan fingerprint density at radius 3 is 3.19 bits per heavy atom. The lowest BCUT2D eigenvalue weighted by atomic mass is 10.1. The maximum absolute atomic E-state index is 6.15. The fourth-order valence-corrected chi connectivity index (χ4v) is 4.03. The maximum atomic E-state index is 6.15. The maximum Gasteiger partial charge on any atom is 0.0964 e. The van der Waals surface area contributed by atoms with E-state index in [4.69, 9.17) is 15.5 Å². The van der Waals surface area contributed by atoms with Gasteiger partial charge in [-0.05, 0) is 12.5 Å². The number of hydrogen-bond acceptors (Lipinski definition) is 5. The Hall–Kier alpha value is -1.01. The highest BCUT2D eigenvalue weighted by molar-refractivity contribution is 7.18. The van der Waals surface area contributed by atoms with Crippen molar-refractivity contribution in [2.45, 2.75) is 38.3 Å². The van der Waals surface area contributed by atoms with Crippen LogP contribution in [0.15, 0.2) is 18.2 Å². The molecule has 0 amide bonds. The van der Waals surface area contributed by atoms with Crippen LogP contribution in [0.25, 0.3) is 10.2 Å². The van der Waals surface area contributed by atoms with E-state index in [2.05, 4.69) is 30.4 Å². The van der Waals surface area contributed by atoms with Gasteiger partial charge < -0.3 is 15.8 Å². The average molecular weight is 305 g/mol. The number of hydrogen-bond donors (Lipinski definition) is 2. The Kier molecular flexibility index (Phi) is 4.85. The number of nitrogens with one attached hydrogen (secondary N) is 1. The summed E-state index contributed by atoms with van der Waals surface area (Å²) < 4.78 is 7.15. The molecule has 21 heavy (non-hydrogen) atoms. The van der Waals surface area contributed by atoms with Crippen molar-refractivity contribution in [1.29, 1.82) is 0 Å². The zero-order valence-electron chi connectivity index (χ0n) is 12.5. The van der Waals surface area contributed by atoms with Crippen molar-refractivity contribution in [3.63, 3.8) is 0 Å². The topological polar surface area (TPSA) is 60.2 Å². The molecule has 0 saturated carbocycles. The van der Waals surface area contributed by atoms with Crippen LogP contribution < -0.4 is 11.1 Å². The fraction of sp³-hybridized carbons (Fsp3) is 0.562. The standard InChI is InChI=1S/C16H23N3OS/c1-2-4-11(17)9-15-19-13-6-3-5-12(16(13)21-15)14-10-18-7-8-20-14/h3,5-6,11,14,18H,2,4,7-10,17H2,1H3. The minimum Gasteiger partial charge on any atom is -0.371 e. The van der Waals surface area contributed by atoms with Crippen LogP contribution in [0.5, 0.6) is 0 Å². The summed E-state index contributed by atoms with van der Waals surface area (Å²) in [5.74, 6) is 0. The fourth-order valence-electron chi connectivity index (χ4n) is 2.82. The predicted octanol–water partition coefficient (Wildman–Crippen LogP) is 2.63. The van der Waals surface area contributed by atoms with E-state index in [1.807, 2.05) is 0 Å². The van der Waals surface area contributed by atoms with Gasteiger partial charge in [-0.15, -0.1) is 11.3 Å². The molecule has 114 valence electrons. The van der Waals surface area contributed by atoms with Gasteiger partial charge in [-0.1, -0.05) is 25.5 Å². The first-order valence-corrected chi connectivity index (χ1v) is 8.55. The zero-order valence-corrected chi connectivity index (χ0v) is 13.3. The minimum absolute atomic E-state index is 0.139. The summed E-state index contributed by atoms with van der Waals surface area (Å²) in [7, 11) is 0. The highest BCUT2D eigenvalue weighted by Crippen LogP contribution is 2.32. The molecule has 0 radical (unpaired) electrons. The number of nitrogens with two attached hydrogens (primary N) is 1. The highest BCUT2D eigenvalue weighted by atomic mass is 32.1. The van der Waals surface area contributed by atoms with Crippen molar-refractivity contribution in [2.24, 2.45) is 5.73 Å². The molecule has 0 spiro atoms. The quantitative estimate of drug-likeness (QED) is 0.891. The molecule has 3 N–H and O–H groups in total. The Balaban J connectivity index is 1.86. The van der Waals surface area contributed by atoms with Crippen LogP contribution in [0.2, 0.25) is 0 Å². The van der Waals surface area contributed by atoms with Crippen LogP contribution in [0.3, 0.4) is 0 Å². The van der Waals surface area contributed by atoms with Crippen LogP contribution in [0.4, 0.5) is 0 Å². The Bertz CT molecular complexity index is 592. The molecule has 1 aliphatic heterocycles. The van der Waals surface area contributed by atoms with Crippen molar-refractivity contribution < 1.29 is 4.74 Å². The normalized spacial score (nSPS) is 20.8. The van der Waals surface area contributed by atoms with Crippen LogP contribution >= 0.6 is 11.3 Å². The number of ether oxygens (including phenoxy) is 1. The second-order valence-corrected chi connectivity index (χ2v) is 6.70. The first-order valence-electron chi connectivity index (χ1n) is 7.74. The van der Waals surface area contributed by atoms with E-state index >= 15 is 0 Å². The smallest absolute Gasteiger partial charge is 0.0964 e. The summed E-state index contributed by atoms with van der Waals surface area (Å²) in [6.45, 7) is 4.76. The summed E-state index contributed by atoms with van der Waals surface area (Å²) >= 11 is 1.77. The highest BCUT2D eigenvalue weighted by Gasteiger charge is 2.20. The lowest BCUT2D eigenvalue weighted by molar-refractivity contribution is 0.0287. The van der Waals surface area contributed by atoms with Crippen LogP contribution in [0, 0.1) is 0 Å². The summed E-state index contributed by atoms with van der Waals surface area (Å²) in [5, 5.41) is 4.53. The molecule has 3 rings (SSSR count). The van der Waals surface area contributed by atoms with Crippen LogP contribution in [-0.2, 0) is 11.2 Å². The summed E-state index contributed by atoms with van der Waals surface area (Å²) in [6.07, 6.45) is 3.19. The molecule has 1 aliphatic rings. The Morgan fingerprint density at radius 1 is 1.52 bits per heavy atom. The second kappa shape index (κ2) is 6.83. The largest absolute Gasteiger partial charge is 0.371 e. The van der Waals surface area contributed by atoms with E-state index in [1.54, 1.807) is 11.3 Å². The van der Waals surface area contributed by atoms with Gasteiger partial charge in [-0.3, -0.25) is 0 Å². The van der Waals surface area contributed by atoms with Gasteiger partial charge >= 0.3 is 0 Å². The first-order chi connectivity index (χ1) is 10.3. The summed E-state index contributed by atoms with van der Waals surface area (Å²) in [6, 6.07) is 6.53. The number of fused-ring (bicyclic) bond motifs is 1. The minimum atomic E-state index is 0.139. The molecule has 5 heteroatoms. The van der Waals surface area contributed by atoms with E-state index in [0.29, 0.717) is 0 Å². The number of nitrogens with zero attached hydrogens (tertiary/aromatic N) is 1. The van der Waals surface area contributed by atoms with Gasteiger partial charge in [0.05, 0.1) is 27.9 Å². The molecule has 2 heterocycles. The van der Waals surface area contributed by atoms with Gasteiger partial charge in [0.25, 0.3) is 0 Å². The molecule has 1 aromatic carbocycles. The number of morpholine rings is 1. The molecule has 0 bridgehead atoms. The molecule has 2 aromatic rings. The van der Waals surface area contributed by atoms with E-state index < -0.39 is 0 Å². The summed E-state index contributed by atoms with van der Waals surface area (Å²) in [5.41, 5.74) is 8.48.